The van der Waals surface area contributed by atoms with Crippen LogP contribution in [-0.2, 0) is 0 Å². The van der Waals surface area contributed by atoms with E-state index in [1.54, 1.807) is 0 Å². The minimum absolute atomic E-state index is 0.292. The molecule has 1 aromatic carbocycles. The lowest BCUT2D eigenvalue weighted by atomic mass is 10.00. The van der Waals surface area contributed by atoms with Gasteiger partial charge in [0.15, 0.2) is 0 Å². The Morgan fingerprint density at radius 1 is 1.12 bits per heavy atom. The molecule has 17 heavy (non-hydrogen) atoms. The van der Waals surface area contributed by atoms with E-state index in [0.29, 0.717) is 12.0 Å². The zero-order chi connectivity index (χ0) is 12.7. The molecule has 0 amide bonds. The fraction of sp³-hybridized carbons (Fsp3) is 0.571. The van der Waals surface area contributed by atoms with Crippen LogP contribution in [-0.4, -0.2) is 0 Å². The van der Waals surface area contributed by atoms with E-state index in [-0.39, 0.29) is 0 Å². The fourth-order valence-corrected chi connectivity index (χ4v) is 1.92. The molecule has 1 unspecified atom stereocenters. The topological polar surface area (TPSA) is 26.0 Å². The van der Waals surface area contributed by atoms with Gasteiger partial charge in [0.1, 0.15) is 11.6 Å². The average molecular weight is 241 g/mol. The Bertz CT molecular complexity index is 339. The van der Waals surface area contributed by atoms with Crippen molar-refractivity contribution >= 4 is 0 Å². The minimum Gasteiger partial charge on any atom is -0.324 e. The van der Waals surface area contributed by atoms with Crippen LogP contribution in [0.4, 0.5) is 8.78 Å². The molecule has 0 saturated heterocycles. The quantitative estimate of drug-likeness (QED) is 0.707. The van der Waals surface area contributed by atoms with E-state index in [1.807, 2.05) is 0 Å². The molecule has 0 aliphatic heterocycles. The lowest BCUT2D eigenvalue weighted by molar-refractivity contribution is 0.519. The van der Waals surface area contributed by atoms with Gasteiger partial charge in [0.25, 0.3) is 0 Å². The number of rotatable bonds is 7. The summed E-state index contributed by atoms with van der Waals surface area (Å²) in [5.74, 6) is -0.838. The number of nitrogens with two attached hydrogens (primary N) is 1. The van der Waals surface area contributed by atoms with Crippen molar-refractivity contribution in [2.24, 2.45) is 5.73 Å². The van der Waals surface area contributed by atoms with Crippen LogP contribution in [0.3, 0.4) is 0 Å². The van der Waals surface area contributed by atoms with Gasteiger partial charge in [-0.25, -0.2) is 8.78 Å². The molecule has 1 aromatic rings. The summed E-state index contributed by atoms with van der Waals surface area (Å²) in [6.45, 7) is 2.16. The van der Waals surface area contributed by atoms with Gasteiger partial charge in [-0.1, -0.05) is 39.0 Å². The Labute approximate surface area is 102 Å². The molecule has 0 spiro atoms. The normalized spacial score (nSPS) is 12.7. The van der Waals surface area contributed by atoms with Crippen LogP contribution in [0.5, 0.6) is 0 Å². The molecule has 0 heterocycles. The fourth-order valence-electron chi connectivity index (χ4n) is 1.92. The van der Waals surface area contributed by atoms with Crippen molar-refractivity contribution in [3.05, 3.63) is 35.4 Å². The molecule has 1 atom stereocenters. The summed E-state index contributed by atoms with van der Waals surface area (Å²) in [7, 11) is 0. The smallest absolute Gasteiger partial charge is 0.128 e. The van der Waals surface area contributed by atoms with Crippen LogP contribution in [0.1, 0.15) is 57.1 Å². The van der Waals surface area contributed by atoms with Gasteiger partial charge in [0.05, 0.1) is 0 Å². The highest BCUT2D eigenvalue weighted by molar-refractivity contribution is 5.21. The highest BCUT2D eigenvalue weighted by atomic mass is 19.1. The van der Waals surface area contributed by atoms with Crippen molar-refractivity contribution in [2.45, 2.75) is 51.5 Å². The van der Waals surface area contributed by atoms with Crippen molar-refractivity contribution in [3.63, 3.8) is 0 Å². The minimum atomic E-state index is -0.428. The first-order chi connectivity index (χ1) is 8.15. The zero-order valence-corrected chi connectivity index (χ0v) is 10.4. The van der Waals surface area contributed by atoms with Gasteiger partial charge < -0.3 is 5.73 Å². The van der Waals surface area contributed by atoms with Gasteiger partial charge in [-0.05, 0) is 24.6 Å². The first-order valence-electron chi connectivity index (χ1n) is 6.35. The largest absolute Gasteiger partial charge is 0.324 e. The Morgan fingerprint density at radius 3 is 2.53 bits per heavy atom. The molecule has 0 fully saturated rings. The number of hydrogen-bond donors (Lipinski definition) is 1. The van der Waals surface area contributed by atoms with E-state index in [1.165, 1.54) is 25.3 Å². The molecule has 1 nitrogen and oxygen atoms in total. The third-order valence-electron chi connectivity index (χ3n) is 2.98. The predicted octanol–water partition coefficient (Wildman–Crippen LogP) is 4.33. The molecule has 0 aliphatic rings. The van der Waals surface area contributed by atoms with Crippen LogP contribution < -0.4 is 5.73 Å². The van der Waals surface area contributed by atoms with E-state index in [9.17, 15) is 8.78 Å². The summed E-state index contributed by atoms with van der Waals surface area (Å²) < 4.78 is 26.4. The summed E-state index contributed by atoms with van der Waals surface area (Å²) >= 11 is 0. The Kier molecular flexibility index (Phi) is 6.12. The molecular weight excluding hydrogens is 220 g/mol. The predicted molar refractivity (Wildman–Crippen MR) is 66.7 cm³/mol. The third-order valence-corrected chi connectivity index (χ3v) is 2.98. The number of hydrogen-bond acceptors (Lipinski definition) is 1. The number of halogens is 2. The van der Waals surface area contributed by atoms with Crippen molar-refractivity contribution in [1.82, 2.24) is 0 Å². The maximum Gasteiger partial charge on any atom is 0.128 e. The molecule has 0 aliphatic carbocycles. The zero-order valence-electron chi connectivity index (χ0n) is 10.4. The van der Waals surface area contributed by atoms with Gasteiger partial charge >= 0.3 is 0 Å². The third kappa shape index (κ3) is 4.82. The van der Waals surface area contributed by atoms with Gasteiger partial charge in [-0.3, -0.25) is 0 Å². The molecule has 0 bridgehead atoms. The molecular formula is C14H21F2N. The van der Waals surface area contributed by atoms with Gasteiger partial charge in [-0.2, -0.15) is 0 Å². The summed E-state index contributed by atoms with van der Waals surface area (Å²) in [5, 5.41) is 0. The molecule has 0 radical (unpaired) electrons. The van der Waals surface area contributed by atoms with Gasteiger partial charge in [-0.15, -0.1) is 0 Å². The number of benzene rings is 1. The van der Waals surface area contributed by atoms with E-state index in [2.05, 4.69) is 6.92 Å². The summed E-state index contributed by atoms with van der Waals surface area (Å²) in [6, 6.07) is 3.06. The highest BCUT2D eigenvalue weighted by Gasteiger charge is 2.11. The van der Waals surface area contributed by atoms with Gasteiger partial charge in [0.2, 0.25) is 0 Å². The number of unbranched alkanes of at least 4 members (excludes halogenated alkanes) is 4. The Balaban J connectivity index is 2.41. The lowest BCUT2D eigenvalue weighted by Crippen LogP contribution is -2.12. The summed E-state index contributed by atoms with van der Waals surface area (Å²) in [6.07, 6.45) is 6.41. The van der Waals surface area contributed by atoms with Crippen LogP contribution in [0.15, 0.2) is 18.2 Å². The molecule has 0 saturated carbocycles. The molecule has 0 aromatic heterocycles. The highest BCUT2D eigenvalue weighted by Crippen LogP contribution is 2.21. The van der Waals surface area contributed by atoms with Crippen molar-refractivity contribution in [3.8, 4) is 0 Å². The summed E-state index contributed by atoms with van der Waals surface area (Å²) in [4.78, 5) is 0. The second-order valence-electron chi connectivity index (χ2n) is 4.48. The van der Waals surface area contributed by atoms with Gasteiger partial charge in [0, 0.05) is 11.6 Å². The first-order valence-corrected chi connectivity index (χ1v) is 6.35. The molecule has 2 N–H and O–H groups in total. The van der Waals surface area contributed by atoms with E-state index in [4.69, 9.17) is 5.73 Å². The monoisotopic (exact) mass is 241 g/mol. The maximum atomic E-state index is 13.4. The summed E-state index contributed by atoms with van der Waals surface area (Å²) in [5.41, 5.74) is 6.16. The lowest BCUT2D eigenvalue weighted by Gasteiger charge is -2.12. The van der Waals surface area contributed by atoms with E-state index < -0.39 is 17.7 Å². The van der Waals surface area contributed by atoms with Crippen LogP contribution in [0.2, 0.25) is 0 Å². The van der Waals surface area contributed by atoms with Crippen molar-refractivity contribution in [2.75, 3.05) is 0 Å². The Hall–Kier alpha value is -0.960. The second-order valence-corrected chi connectivity index (χ2v) is 4.48. The first kappa shape index (κ1) is 14.1. The molecule has 1 rings (SSSR count). The van der Waals surface area contributed by atoms with Crippen LogP contribution >= 0.6 is 0 Å². The maximum absolute atomic E-state index is 13.4. The standard InChI is InChI=1S/C14H21F2N/c1-2-3-4-5-6-7-14(17)12-10-11(15)8-9-13(12)16/h8-10,14H,2-7,17H2,1H3. The molecule has 3 heteroatoms. The Morgan fingerprint density at radius 2 is 1.82 bits per heavy atom. The van der Waals surface area contributed by atoms with Crippen LogP contribution in [0, 0.1) is 11.6 Å². The second kappa shape index (κ2) is 7.38. The average Bonchev–Trinajstić information content (AvgIpc) is 2.32. The molecule has 96 valence electrons. The van der Waals surface area contributed by atoms with E-state index in [0.717, 1.165) is 25.0 Å². The van der Waals surface area contributed by atoms with E-state index >= 15 is 0 Å². The van der Waals surface area contributed by atoms with Crippen molar-refractivity contribution < 1.29 is 8.78 Å². The van der Waals surface area contributed by atoms with Crippen molar-refractivity contribution in [1.29, 1.82) is 0 Å². The van der Waals surface area contributed by atoms with Crippen LogP contribution in [0.25, 0.3) is 0 Å². The SMILES string of the molecule is CCCCCCCC(N)c1cc(F)ccc1F.